The van der Waals surface area contributed by atoms with Gasteiger partial charge in [0.05, 0.1) is 17.8 Å². The molecule has 0 amide bonds. The molecule has 0 aliphatic carbocycles. The number of nitrogens with one attached hydrogen (secondary N) is 1. The maximum atomic E-state index is 13.6. The average Bonchev–Trinajstić information content (AvgIpc) is 3.47. The molecule has 2 unspecified atom stereocenters. The predicted octanol–water partition coefficient (Wildman–Crippen LogP) is 3.17. The van der Waals surface area contributed by atoms with Crippen LogP contribution in [-0.2, 0) is 11.3 Å². The van der Waals surface area contributed by atoms with E-state index in [-0.39, 0.29) is 17.7 Å². The van der Waals surface area contributed by atoms with Crippen molar-refractivity contribution >= 4 is 28.0 Å². The molecule has 4 rings (SSSR count). The van der Waals surface area contributed by atoms with Crippen molar-refractivity contribution in [1.82, 2.24) is 19.5 Å². The zero-order valence-corrected chi connectivity index (χ0v) is 21.5. The van der Waals surface area contributed by atoms with Crippen LogP contribution >= 0.6 is 11.3 Å². The molecule has 0 radical (unpaired) electrons. The van der Waals surface area contributed by atoms with Gasteiger partial charge >= 0.3 is 0 Å². The molecule has 0 spiro atoms. The standard InChI is InChI=1S/C24H33N7O2S/c1-7-31-22(17-12-26-20(29(5)6)11-15(17)3)27-16(4)21(23(31)32)28-18-13-30(14-19(18)33-8-2)24-25-9-10-34-24/h9-12,18-19,28H,7-8,13-14H2,1-6H3. The molecule has 0 bridgehead atoms. The molecule has 3 aromatic rings. The fourth-order valence-corrected chi connectivity index (χ4v) is 5.02. The first kappa shape index (κ1) is 24.2. The third-order valence-electron chi connectivity index (χ3n) is 6.13. The highest BCUT2D eigenvalue weighted by Crippen LogP contribution is 2.28. The number of aromatic nitrogens is 4. The summed E-state index contributed by atoms with van der Waals surface area (Å²) >= 11 is 1.61. The Hall–Kier alpha value is -2.98. The second kappa shape index (κ2) is 10.1. The topological polar surface area (TPSA) is 88.4 Å². The Bertz CT molecular complexity index is 1190. The van der Waals surface area contributed by atoms with Gasteiger partial charge in [-0.2, -0.15) is 0 Å². The SMILES string of the molecule is CCOC1CN(c2nccs2)CC1Nc1c(C)nc(-c2cnc(N(C)C)cc2C)n(CC)c1=O. The van der Waals surface area contributed by atoms with E-state index in [2.05, 4.69) is 20.2 Å². The van der Waals surface area contributed by atoms with Crippen LogP contribution < -0.4 is 20.7 Å². The van der Waals surface area contributed by atoms with Gasteiger partial charge < -0.3 is 19.9 Å². The first-order valence-electron chi connectivity index (χ1n) is 11.6. The number of hydrogen-bond acceptors (Lipinski definition) is 9. The molecule has 1 aliphatic heterocycles. The van der Waals surface area contributed by atoms with E-state index in [0.717, 1.165) is 28.6 Å². The van der Waals surface area contributed by atoms with E-state index in [4.69, 9.17) is 9.72 Å². The van der Waals surface area contributed by atoms with Crippen molar-refractivity contribution in [2.24, 2.45) is 0 Å². The summed E-state index contributed by atoms with van der Waals surface area (Å²) < 4.78 is 7.74. The Morgan fingerprint density at radius 3 is 2.65 bits per heavy atom. The van der Waals surface area contributed by atoms with Crippen LogP contribution in [0.15, 0.2) is 28.6 Å². The molecule has 182 valence electrons. The Labute approximate surface area is 204 Å². The van der Waals surface area contributed by atoms with E-state index in [9.17, 15) is 4.79 Å². The van der Waals surface area contributed by atoms with Crippen molar-refractivity contribution in [2.75, 3.05) is 48.9 Å². The van der Waals surface area contributed by atoms with Crippen molar-refractivity contribution in [3.8, 4) is 11.4 Å². The molecule has 1 fully saturated rings. The van der Waals surface area contributed by atoms with E-state index in [1.165, 1.54) is 0 Å². The number of pyridine rings is 1. The van der Waals surface area contributed by atoms with E-state index >= 15 is 0 Å². The van der Waals surface area contributed by atoms with Gasteiger partial charge in [0.15, 0.2) is 5.13 Å². The molecule has 0 saturated carbocycles. The molecule has 4 heterocycles. The highest BCUT2D eigenvalue weighted by atomic mass is 32.1. The van der Waals surface area contributed by atoms with Crippen LogP contribution in [0.4, 0.5) is 16.6 Å². The van der Waals surface area contributed by atoms with Crippen molar-refractivity contribution in [3.63, 3.8) is 0 Å². The lowest BCUT2D eigenvalue weighted by Gasteiger charge is -2.23. The molecule has 34 heavy (non-hydrogen) atoms. The van der Waals surface area contributed by atoms with Crippen LogP contribution in [0.2, 0.25) is 0 Å². The summed E-state index contributed by atoms with van der Waals surface area (Å²) in [5.41, 5.74) is 3.01. The molecular formula is C24H33N7O2S. The van der Waals surface area contributed by atoms with E-state index in [1.54, 1.807) is 22.1 Å². The monoisotopic (exact) mass is 483 g/mol. The highest BCUT2D eigenvalue weighted by Gasteiger charge is 2.35. The van der Waals surface area contributed by atoms with Crippen LogP contribution in [0.1, 0.15) is 25.1 Å². The summed E-state index contributed by atoms with van der Waals surface area (Å²) in [6, 6.07) is 1.97. The largest absolute Gasteiger partial charge is 0.374 e. The number of hydrogen-bond donors (Lipinski definition) is 1. The number of thiazole rings is 1. The van der Waals surface area contributed by atoms with E-state index in [1.807, 2.05) is 64.3 Å². The highest BCUT2D eigenvalue weighted by molar-refractivity contribution is 7.13. The first-order valence-corrected chi connectivity index (χ1v) is 12.5. The molecule has 1 aliphatic rings. The van der Waals surface area contributed by atoms with Gasteiger partial charge in [0.2, 0.25) is 0 Å². The molecule has 3 aromatic heterocycles. The summed E-state index contributed by atoms with van der Waals surface area (Å²) in [6.07, 6.45) is 3.57. The third kappa shape index (κ3) is 4.65. The molecule has 0 aromatic carbocycles. The van der Waals surface area contributed by atoms with Gasteiger partial charge in [-0.15, -0.1) is 11.3 Å². The fourth-order valence-electron chi connectivity index (χ4n) is 4.36. The third-order valence-corrected chi connectivity index (χ3v) is 6.96. The Morgan fingerprint density at radius 1 is 1.24 bits per heavy atom. The maximum Gasteiger partial charge on any atom is 0.277 e. The fraction of sp³-hybridized carbons (Fsp3) is 0.500. The van der Waals surface area contributed by atoms with Crippen molar-refractivity contribution in [3.05, 3.63) is 45.5 Å². The summed E-state index contributed by atoms with van der Waals surface area (Å²) in [4.78, 5) is 31.7. The van der Waals surface area contributed by atoms with Gasteiger partial charge in [0.25, 0.3) is 5.56 Å². The minimum absolute atomic E-state index is 0.0454. The zero-order valence-electron chi connectivity index (χ0n) is 20.7. The van der Waals surface area contributed by atoms with Crippen LogP contribution in [0.3, 0.4) is 0 Å². The average molecular weight is 484 g/mol. The van der Waals surface area contributed by atoms with Crippen molar-refractivity contribution in [1.29, 1.82) is 0 Å². The van der Waals surface area contributed by atoms with Crippen LogP contribution in [0.5, 0.6) is 0 Å². The Kier molecular flexibility index (Phi) is 7.18. The van der Waals surface area contributed by atoms with Gasteiger partial charge in [-0.1, -0.05) is 0 Å². The molecule has 2 atom stereocenters. The van der Waals surface area contributed by atoms with Gasteiger partial charge in [0, 0.05) is 63.7 Å². The lowest BCUT2D eigenvalue weighted by Crippen LogP contribution is -2.38. The molecule has 1 N–H and O–H groups in total. The predicted molar refractivity (Wildman–Crippen MR) is 138 cm³/mol. The van der Waals surface area contributed by atoms with Crippen LogP contribution in [0, 0.1) is 13.8 Å². The number of rotatable bonds is 8. The quantitative estimate of drug-likeness (QED) is 0.523. The second-order valence-electron chi connectivity index (χ2n) is 8.66. The molecule has 1 saturated heterocycles. The Balaban J connectivity index is 1.68. The van der Waals surface area contributed by atoms with Gasteiger partial charge in [-0.3, -0.25) is 9.36 Å². The molecular weight excluding hydrogens is 450 g/mol. The normalized spacial score (nSPS) is 17.9. The van der Waals surface area contributed by atoms with Gasteiger partial charge in [-0.05, 0) is 39.3 Å². The second-order valence-corrected chi connectivity index (χ2v) is 9.53. The van der Waals surface area contributed by atoms with Gasteiger partial charge in [-0.25, -0.2) is 15.0 Å². The van der Waals surface area contributed by atoms with Crippen LogP contribution in [-0.4, -0.2) is 65.5 Å². The number of anilines is 3. The van der Waals surface area contributed by atoms with Crippen molar-refractivity contribution < 1.29 is 4.74 Å². The molecule has 9 nitrogen and oxygen atoms in total. The number of nitrogens with zero attached hydrogens (tertiary/aromatic N) is 6. The summed E-state index contributed by atoms with van der Waals surface area (Å²) in [6.45, 7) is 10.4. The minimum Gasteiger partial charge on any atom is -0.374 e. The Morgan fingerprint density at radius 2 is 2.03 bits per heavy atom. The summed E-state index contributed by atoms with van der Waals surface area (Å²) in [7, 11) is 3.92. The van der Waals surface area contributed by atoms with E-state index < -0.39 is 0 Å². The number of aryl methyl sites for hydroxylation is 2. The summed E-state index contributed by atoms with van der Waals surface area (Å²) in [5.74, 6) is 1.51. The number of ether oxygens (including phenoxy) is 1. The van der Waals surface area contributed by atoms with Gasteiger partial charge in [0.1, 0.15) is 17.3 Å². The first-order chi connectivity index (χ1) is 16.3. The lowest BCUT2D eigenvalue weighted by molar-refractivity contribution is 0.0720. The smallest absolute Gasteiger partial charge is 0.277 e. The summed E-state index contributed by atoms with van der Waals surface area (Å²) in [5, 5.41) is 6.43. The maximum absolute atomic E-state index is 13.6. The van der Waals surface area contributed by atoms with Crippen LogP contribution in [0.25, 0.3) is 11.4 Å². The zero-order chi connectivity index (χ0) is 24.4. The van der Waals surface area contributed by atoms with E-state index in [0.29, 0.717) is 36.9 Å². The minimum atomic E-state index is -0.0796. The lowest BCUT2D eigenvalue weighted by atomic mass is 10.1. The van der Waals surface area contributed by atoms with Crippen molar-refractivity contribution in [2.45, 2.75) is 46.4 Å². The molecule has 10 heteroatoms.